The summed E-state index contributed by atoms with van der Waals surface area (Å²) in [4.78, 5) is 0. The molecule has 1 atom stereocenters. The Morgan fingerprint density at radius 1 is 1.33 bits per heavy atom. The van der Waals surface area contributed by atoms with E-state index in [2.05, 4.69) is 20.8 Å². The fourth-order valence-corrected chi connectivity index (χ4v) is 3.44. The summed E-state index contributed by atoms with van der Waals surface area (Å²) < 4.78 is 10.7. The minimum atomic E-state index is -2.78. The average molecular weight is 327 g/mol. The van der Waals surface area contributed by atoms with E-state index >= 15 is 0 Å². The third-order valence-electron chi connectivity index (χ3n) is 2.29. The molecule has 6 heteroatoms. The first-order chi connectivity index (χ1) is 8.15. The third-order valence-corrected chi connectivity index (χ3v) is 4.60. The maximum Gasteiger partial charge on any atom is 0.332 e. The van der Waals surface area contributed by atoms with Crippen LogP contribution in [0.5, 0.6) is 5.75 Å². The van der Waals surface area contributed by atoms with E-state index in [0.29, 0.717) is 17.4 Å². The van der Waals surface area contributed by atoms with Gasteiger partial charge in [-0.1, -0.05) is 38.4 Å². The van der Waals surface area contributed by atoms with Crippen molar-refractivity contribution in [1.29, 1.82) is 0 Å². The van der Waals surface area contributed by atoms with E-state index in [0.717, 1.165) is 5.56 Å². The molecular formula is C12H17Cl2O2PS. The van der Waals surface area contributed by atoms with Crippen molar-refractivity contribution in [2.24, 2.45) is 0 Å². The number of hydrogen-bond donors (Lipinski definition) is 0. The standard InChI is InChI=1S/C12H17Cl2O2PS/c1-5-15-17(14,18)16-11-7-6-9(8-10(11)13)12(2,3)4/h6-8H,5H2,1-4H3. The van der Waals surface area contributed by atoms with Gasteiger partial charge in [-0.15, -0.1) is 0 Å². The van der Waals surface area contributed by atoms with E-state index in [4.69, 9.17) is 43.7 Å². The van der Waals surface area contributed by atoms with Gasteiger partial charge in [0.1, 0.15) is 5.75 Å². The van der Waals surface area contributed by atoms with E-state index in [-0.39, 0.29) is 5.41 Å². The van der Waals surface area contributed by atoms with Crippen LogP contribution in [0.25, 0.3) is 0 Å². The van der Waals surface area contributed by atoms with Crippen molar-refractivity contribution in [2.75, 3.05) is 6.61 Å². The molecule has 0 spiro atoms. The summed E-state index contributed by atoms with van der Waals surface area (Å²) in [6.45, 7) is 8.58. The van der Waals surface area contributed by atoms with Crippen LogP contribution in [0.4, 0.5) is 0 Å². The Labute approximate surface area is 124 Å². The molecule has 0 aromatic heterocycles. The topological polar surface area (TPSA) is 18.5 Å². The molecule has 1 rings (SSSR count). The lowest BCUT2D eigenvalue weighted by atomic mass is 9.87. The van der Waals surface area contributed by atoms with Crippen molar-refractivity contribution in [3.63, 3.8) is 0 Å². The summed E-state index contributed by atoms with van der Waals surface area (Å²) >= 11 is 17.2. The summed E-state index contributed by atoms with van der Waals surface area (Å²) in [7, 11) is 0. The normalized spacial score (nSPS) is 15.2. The molecule has 1 unspecified atom stereocenters. The second-order valence-electron chi connectivity index (χ2n) is 4.83. The van der Waals surface area contributed by atoms with Gasteiger partial charge in [-0.3, -0.25) is 0 Å². The Hall–Kier alpha value is 0.210. The lowest BCUT2D eigenvalue weighted by Gasteiger charge is -2.21. The zero-order chi connectivity index (χ0) is 14.0. The molecule has 1 aromatic rings. The van der Waals surface area contributed by atoms with Crippen LogP contribution < -0.4 is 4.52 Å². The molecule has 18 heavy (non-hydrogen) atoms. The van der Waals surface area contributed by atoms with Gasteiger partial charge in [0, 0.05) is 0 Å². The van der Waals surface area contributed by atoms with E-state index in [9.17, 15) is 0 Å². The van der Waals surface area contributed by atoms with Gasteiger partial charge < -0.3 is 9.05 Å². The van der Waals surface area contributed by atoms with Crippen LogP contribution in [0.2, 0.25) is 5.02 Å². The Balaban J connectivity index is 2.97. The monoisotopic (exact) mass is 326 g/mol. The summed E-state index contributed by atoms with van der Waals surface area (Å²) in [5.74, 6) is -2.31. The highest BCUT2D eigenvalue weighted by Crippen LogP contribution is 2.54. The molecule has 0 saturated carbocycles. The van der Waals surface area contributed by atoms with Crippen molar-refractivity contribution in [2.45, 2.75) is 33.1 Å². The zero-order valence-electron chi connectivity index (χ0n) is 10.9. The summed E-state index contributed by atoms with van der Waals surface area (Å²) in [5.41, 5.74) is 1.16. The fourth-order valence-electron chi connectivity index (χ4n) is 1.34. The molecule has 102 valence electrons. The van der Waals surface area contributed by atoms with Crippen molar-refractivity contribution in [3.05, 3.63) is 28.8 Å². The van der Waals surface area contributed by atoms with Crippen LogP contribution in [-0.2, 0) is 21.7 Å². The highest BCUT2D eigenvalue weighted by Gasteiger charge is 2.20. The van der Waals surface area contributed by atoms with Crippen LogP contribution in [0.15, 0.2) is 18.2 Å². The molecule has 0 heterocycles. The molecule has 0 aliphatic carbocycles. The van der Waals surface area contributed by atoms with Gasteiger partial charge in [-0.2, -0.15) is 0 Å². The van der Waals surface area contributed by atoms with Crippen molar-refractivity contribution >= 4 is 40.5 Å². The van der Waals surface area contributed by atoms with Gasteiger partial charge in [0.25, 0.3) is 0 Å². The molecule has 0 bridgehead atoms. The van der Waals surface area contributed by atoms with Crippen LogP contribution in [0, 0.1) is 0 Å². The number of rotatable bonds is 4. The second kappa shape index (κ2) is 6.11. The van der Waals surface area contributed by atoms with Gasteiger partial charge in [0.15, 0.2) is 0 Å². The molecule has 2 nitrogen and oxygen atoms in total. The van der Waals surface area contributed by atoms with Gasteiger partial charge in [-0.25, -0.2) is 0 Å². The van der Waals surface area contributed by atoms with E-state index in [1.165, 1.54) is 0 Å². The quantitative estimate of drug-likeness (QED) is 0.679. The highest BCUT2D eigenvalue weighted by atomic mass is 35.7. The van der Waals surface area contributed by atoms with Gasteiger partial charge in [0.05, 0.1) is 11.6 Å². The molecule has 0 aliphatic heterocycles. The number of benzene rings is 1. The summed E-state index contributed by atoms with van der Waals surface area (Å²) in [6.07, 6.45) is 0. The van der Waals surface area contributed by atoms with E-state index < -0.39 is 5.84 Å². The second-order valence-corrected chi connectivity index (χ2v) is 9.92. The van der Waals surface area contributed by atoms with Gasteiger partial charge in [0.2, 0.25) is 0 Å². The van der Waals surface area contributed by atoms with Crippen LogP contribution in [0.3, 0.4) is 0 Å². The predicted octanol–water partition coefficient (Wildman–Crippen LogP) is 5.52. The largest absolute Gasteiger partial charge is 0.431 e. The van der Waals surface area contributed by atoms with Crippen LogP contribution in [-0.4, -0.2) is 6.61 Å². The SMILES string of the molecule is CCOP(=S)(Cl)Oc1ccc(C(C)(C)C)cc1Cl. The lowest BCUT2D eigenvalue weighted by molar-refractivity contribution is 0.343. The number of halogens is 2. The number of hydrogen-bond acceptors (Lipinski definition) is 3. The molecule has 0 saturated heterocycles. The van der Waals surface area contributed by atoms with Crippen LogP contribution in [0.1, 0.15) is 33.3 Å². The minimum absolute atomic E-state index is 0.0310. The highest BCUT2D eigenvalue weighted by molar-refractivity contribution is 8.22. The summed E-state index contributed by atoms with van der Waals surface area (Å²) in [5, 5.41) is 0.497. The molecule has 0 fully saturated rings. The van der Waals surface area contributed by atoms with Crippen molar-refractivity contribution < 1.29 is 9.05 Å². The average Bonchev–Trinajstić information content (AvgIpc) is 2.19. The lowest BCUT2D eigenvalue weighted by Crippen LogP contribution is -2.10. The minimum Gasteiger partial charge on any atom is -0.431 e. The molecule has 0 amide bonds. The molecule has 0 radical (unpaired) electrons. The van der Waals surface area contributed by atoms with Gasteiger partial charge >= 0.3 is 5.84 Å². The van der Waals surface area contributed by atoms with E-state index in [1.807, 2.05) is 19.1 Å². The molecule has 0 aliphatic rings. The zero-order valence-corrected chi connectivity index (χ0v) is 14.1. The van der Waals surface area contributed by atoms with Crippen molar-refractivity contribution in [3.8, 4) is 5.75 Å². The van der Waals surface area contributed by atoms with Crippen molar-refractivity contribution in [1.82, 2.24) is 0 Å². The molecule has 1 aromatic carbocycles. The first-order valence-electron chi connectivity index (χ1n) is 5.59. The predicted molar refractivity (Wildman–Crippen MR) is 82.5 cm³/mol. The maximum atomic E-state index is 6.17. The summed E-state index contributed by atoms with van der Waals surface area (Å²) in [6, 6.07) is 5.61. The first kappa shape index (κ1) is 16.3. The maximum absolute atomic E-state index is 6.17. The Morgan fingerprint density at radius 2 is 1.94 bits per heavy atom. The fraction of sp³-hybridized carbons (Fsp3) is 0.500. The Kier molecular flexibility index (Phi) is 5.52. The Bertz CT molecular complexity index is 472. The smallest absolute Gasteiger partial charge is 0.332 e. The third kappa shape index (κ3) is 4.71. The molecule has 0 N–H and O–H groups in total. The molecular weight excluding hydrogens is 310 g/mol. The van der Waals surface area contributed by atoms with E-state index in [1.54, 1.807) is 6.07 Å². The van der Waals surface area contributed by atoms with Gasteiger partial charge in [-0.05, 0) is 53.1 Å². The van der Waals surface area contributed by atoms with Crippen LogP contribution >= 0.6 is 28.7 Å². The Morgan fingerprint density at radius 3 is 2.39 bits per heavy atom. The first-order valence-corrected chi connectivity index (χ1v) is 9.51.